The number of fused-ring (bicyclic) bond motifs is 1. The maximum atomic E-state index is 12.0. The number of carbonyl (C=O) groups is 1. The first-order valence-corrected chi connectivity index (χ1v) is 6.36. The van der Waals surface area contributed by atoms with Crippen LogP contribution in [0.25, 0.3) is 0 Å². The number of rotatable bonds is 0. The zero-order chi connectivity index (χ0) is 13.3. The number of ether oxygens (including phenoxy) is 1. The summed E-state index contributed by atoms with van der Waals surface area (Å²) in [5.74, 6) is 0.934. The first-order valence-electron chi connectivity index (χ1n) is 6.36. The summed E-state index contributed by atoms with van der Waals surface area (Å²) in [6, 6.07) is 0.310. The largest absolute Gasteiger partial charge is 0.444 e. The molecule has 0 aromatic rings. The number of nitrogens with one attached hydrogen (secondary N) is 1. The molecule has 6 heteroatoms. The van der Waals surface area contributed by atoms with Gasteiger partial charge in [0, 0.05) is 33.2 Å². The predicted octanol–water partition coefficient (Wildman–Crippen LogP) is 0.497. The van der Waals surface area contributed by atoms with Gasteiger partial charge in [-0.2, -0.15) is 0 Å². The van der Waals surface area contributed by atoms with E-state index in [1.165, 1.54) is 0 Å². The van der Waals surface area contributed by atoms with E-state index in [4.69, 9.17) is 4.74 Å². The molecule has 6 nitrogen and oxygen atoms in total. The van der Waals surface area contributed by atoms with Crippen molar-refractivity contribution in [1.82, 2.24) is 15.1 Å². The molecule has 2 rings (SSSR count). The molecule has 0 aromatic carbocycles. The van der Waals surface area contributed by atoms with Crippen LogP contribution in [0, 0.1) is 0 Å². The molecule has 1 N–H and O–H groups in total. The van der Waals surface area contributed by atoms with Crippen molar-refractivity contribution in [3.05, 3.63) is 0 Å². The molecule has 102 valence electrons. The minimum absolute atomic E-state index is 0.218. The molecule has 1 amide bonds. The van der Waals surface area contributed by atoms with Gasteiger partial charge in [-0.15, -0.1) is 0 Å². The van der Waals surface area contributed by atoms with Crippen LogP contribution in [0.4, 0.5) is 4.79 Å². The highest BCUT2D eigenvalue weighted by Gasteiger charge is 2.36. The highest BCUT2D eigenvalue weighted by Crippen LogP contribution is 2.17. The Morgan fingerprint density at radius 3 is 2.78 bits per heavy atom. The van der Waals surface area contributed by atoms with Crippen molar-refractivity contribution < 1.29 is 9.53 Å². The molecule has 18 heavy (non-hydrogen) atoms. The van der Waals surface area contributed by atoms with Gasteiger partial charge in [0.25, 0.3) is 0 Å². The third kappa shape index (κ3) is 2.68. The summed E-state index contributed by atoms with van der Waals surface area (Å²) in [6.07, 6.45) is -0.218. The van der Waals surface area contributed by atoms with E-state index in [1.54, 1.807) is 11.9 Å². The lowest BCUT2D eigenvalue weighted by Gasteiger charge is -2.37. The first-order chi connectivity index (χ1) is 8.40. The summed E-state index contributed by atoms with van der Waals surface area (Å²) in [5, 5.41) is 3.25. The Balaban J connectivity index is 1.94. The molecule has 1 atom stereocenters. The van der Waals surface area contributed by atoms with E-state index in [-0.39, 0.29) is 6.09 Å². The quantitative estimate of drug-likeness (QED) is 0.684. The summed E-state index contributed by atoms with van der Waals surface area (Å²) in [6.45, 7) is 8.70. The number of guanidine groups is 1. The van der Waals surface area contributed by atoms with Crippen molar-refractivity contribution in [2.24, 2.45) is 4.99 Å². The Hall–Kier alpha value is -1.46. The fourth-order valence-electron chi connectivity index (χ4n) is 2.32. The van der Waals surface area contributed by atoms with Crippen molar-refractivity contribution in [2.45, 2.75) is 32.4 Å². The van der Waals surface area contributed by atoms with Crippen LogP contribution in [-0.2, 0) is 4.74 Å². The molecule has 2 aliphatic heterocycles. The monoisotopic (exact) mass is 254 g/mol. The second-order valence-corrected chi connectivity index (χ2v) is 5.70. The Morgan fingerprint density at radius 2 is 2.17 bits per heavy atom. The van der Waals surface area contributed by atoms with Crippen LogP contribution >= 0.6 is 0 Å². The maximum absolute atomic E-state index is 12.0. The molecule has 2 heterocycles. The minimum Gasteiger partial charge on any atom is -0.444 e. The minimum atomic E-state index is -0.432. The molecule has 2 aliphatic rings. The average Bonchev–Trinajstić information content (AvgIpc) is 2.68. The van der Waals surface area contributed by atoms with Gasteiger partial charge in [0.1, 0.15) is 5.60 Å². The van der Waals surface area contributed by atoms with E-state index in [9.17, 15) is 4.79 Å². The standard InChI is InChI=1S/C12H22N4O2/c1-12(2,3)18-11(17)15-5-6-16-9(8-15)7-14-10(16)13-4/h9H,5-8H2,1-4H3,(H,13,14)/t9-/m1/s1. The molecule has 0 saturated carbocycles. The maximum Gasteiger partial charge on any atom is 0.410 e. The number of nitrogens with zero attached hydrogens (tertiary/aromatic N) is 3. The number of carbonyl (C=O) groups excluding carboxylic acids is 1. The van der Waals surface area contributed by atoms with Gasteiger partial charge in [-0.05, 0) is 20.8 Å². The van der Waals surface area contributed by atoms with Crippen LogP contribution in [-0.4, -0.2) is 66.7 Å². The van der Waals surface area contributed by atoms with Crippen LogP contribution in [0.15, 0.2) is 4.99 Å². The molecule has 2 fully saturated rings. The highest BCUT2D eigenvalue weighted by atomic mass is 16.6. The predicted molar refractivity (Wildman–Crippen MR) is 69.7 cm³/mol. The van der Waals surface area contributed by atoms with Crippen molar-refractivity contribution in [1.29, 1.82) is 0 Å². The molecule has 0 radical (unpaired) electrons. The molecular weight excluding hydrogens is 232 g/mol. The second kappa shape index (κ2) is 4.66. The van der Waals surface area contributed by atoms with Crippen LogP contribution in [0.2, 0.25) is 0 Å². The molecule has 0 spiro atoms. The van der Waals surface area contributed by atoms with E-state index in [0.29, 0.717) is 19.1 Å². The molecule has 0 aliphatic carbocycles. The van der Waals surface area contributed by atoms with Gasteiger partial charge >= 0.3 is 6.09 Å². The van der Waals surface area contributed by atoms with Gasteiger partial charge in [-0.3, -0.25) is 4.99 Å². The average molecular weight is 254 g/mol. The first kappa shape index (κ1) is 13.0. The third-order valence-corrected chi connectivity index (χ3v) is 3.11. The number of hydrogen-bond acceptors (Lipinski definition) is 3. The normalized spacial score (nSPS) is 26.0. The third-order valence-electron chi connectivity index (χ3n) is 3.11. The van der Waals surface area contributed by atoms with E-state index in [0.717, 1.165) is 19.0 Å². The molecule has 2 saturated heterocycles. The highest BCUT2D eigenvalue weighted by molar-refractivity contribution is 5.82. The van der Waals surface area contributed by atoms with Crippen LogP contribution in [0.1, 0.15) is 20.8 Å². The molecular formula is C12H22N4O2. The molecule has 0 bridgehead atoms. The Bertz CT molecular complexity index is 362. The van der Waals surface area contributed by atoms with Crippen molar-refractivity contribution in [3.63, 3.8) is 0 Å². The SMILES string of the molecule is CN=C1NC[C@@H]2CN(C(=O)OC(C)(C)C)CCN12. The zero-order valence-electron chi connectivity index (χ0n) is 11.6. The fraction of sp³-hybridized carbons (Fsp3) is 0.833. The van der Waals surface area contributed by atoms with E-state index >= 15 is 0 Å². The van der Waals surface area contributed by atoms with Gasteiger partial charge in [0.2, 0.25) is 0 Å². The summed E-state index contributed by atoms with van der Waals surface area (Å²) in [4.78, 5) is 20.2. The smallest absolute Gasteiger partial charge is 0.410 e. The van der Waals surface area contributed by atoms with E-state index < -0.39 is 5.60 Å². The molecule has 0 aromatic heterocycles. The van der Waals surface area contributed by atoms with E-state index in [1.807, 2.05) is 20.8 Å². The van der Waals surface area contributed by atoms with Crippen LogP contribution in [0.5, 0.6) is 0 Å². The topological polar surface area (TPSA) is 57.2 Å². The van der Waals surface area contributed by atoms with Crippen LogP contribution < -0.4 is 5.32 Å². The number of hydrogen-bond donors (Lipinski definition) is 1. The number of aliphatic imine (C=N–C) groups is 1. The zero-order valence-corrected chi connectivity index (χ0v) is 11.6. The van der Waals surface area contributed by atoms with Gasteiger partial charge < -0.3 is 19.9 Å². The molecule has 0 unspecified atom stereocenters. The van der Waals surface area contributed by atoms with Gasteiger partial charge in [-0.1, -0.05) is 0 Å². The number of amides is 1. The fourth-order valence-corrected chi connectivity index (χ4v) is 2.32. The van der Waals surface area contributed by atoms with Gasteiger partial charge in [0.05, 0.1) is 6.04 Å². The Labute approximate surface area is 108 Å². The van der Waals surface area contributed by atoms with Crippen LogP contribution in [0.3, 0.4) is 0 Å². The van der Waals surface area contributed by atoms with Crippen molar-refractivity contribution >= 4 is 12.1 Å². The lowest BCUT2D eigenvalue weighted by Crippen LogP contribution is -2.54. The Kier molecular flexibility index (Phi) is 3.36. The lowest BCUT2D eigenvalue weighted by atomic mass is 10.2. The Morgan fingerprint density at radius 1 is 1.44 bits per heavy atom. The summed E-state index contributed by atoms with van der Waals surface area (Å²) in [5.41, 5.74) is -0.432. The van der Waals surface area contributed by atoms with Gasteiger partial charge in [0.15, 0.2) is 5.96 Å². The lowest BCUT2D eigenvalue weighted by molar-refractivity contribution is 0.0142. The van der Waals surface area contributed by atoms with E-state index in [2.05, 4.69) is 15.2 Å². The van der Waals surface area contributed by atoms with Crippen molar-refractivity contribution in [3.8, 4) is 0 Å². The summed E-state index contributed by atoms with van der Waals surface area (Å²) < 4.78 is 5.40. The van der Waals surface area contributed by atoms with Crippen molar-refractivity contribution in [2.75, 3.05) is 33.2 Å². The number of piperazine rings is 1. The summed E-state index contributed by atoms with van der Waals surface area (Å²) in [7, 11) is 1.78. The van der Waals surface area contributed by atoms with Gasteiger partial charge in [-0.25, -0.2) is 4.79 Å². The second-order valence-electron chi connectivity index (χ2n) is 5.70. The summed E-state index contributed by atoms with van der Waals surface area (Å²) >= 11 is 0.